The van der Waals surface area contributed by atoms with E-state index in [4.69, 9.17) is 4.74 Å². The number of aryl methyl sites for hydroxylation is 2. The van der Waals surface area contributed by atoms with E-state index in [0.29, 0.717) is 6.10 Å². The molecular weight excluding hydrogens is 238 g/mol. The van der Waals surface area contributed by atoms with E-state index in [1.165, 1.54) is 12.8 Å². The quantitative estimate of drug-likeness (QED) is 0.609. The van der Waals surface area contributed by atoms with Crippen molar-refractivity contribution in [3.8, 4) is 0 Å². The summed E-state index contributed by atoms with van der Waals surface area (Å²) >= 11 is 0. The summed E-state index contributed by atoms with van der Waals surface area (Å²) in [5.41, 5.74) is 1.12. The van der Waals surface area contributed by atoms with Gasteiger partial charge in [-0.2, -0.15) is 0 Å². The van der Waals surface area contributed by atoms with Crippen molar-refractivity contribution in [1.82, 2.24) is 15.0 Å². The van der Waals surface area contributed by atoms with E-state index in [2.05, 4.69) is 44.2 Å². The molecule has 0 amide bonds. The van der Waals surface area contributed by atoms with E-state index >= 15 is 0 Å². The average molecular weight is 267 g/mol. The molecule has 0 fully saturated rings. The van der Waals surface area contributed by atoms with Crippen LogP contribution in [0.15, 0.2) is 6.20 Å². The third-order valence-corrected chi connectivity index (χ3v) is 3.05. The van der Waals surface area contributed by atoms with Gasteiger partial charge in [-0.05, 0) is 51.9 Å². The molecule has 1 rings (SSSR count). The molecule has 0 aromatic carbocycles. The molecule has 0 aliphatic rings. The first-order valence-corrected chi connectivity index (χ1v) is 7.58. The molecule has 0 N–H and O–H groups in total. The fraction of sp³-hybridized carbons (Fsp3) is 0.867. The summed E-state index contributed by atoms with van der Waals surface area (Å²) in [5, 5.41) is 8.39. The van der Waals surface area contributed by atoms with Gasteiger partial charge in [0.15, 0.2) is 0 Å². The average Bonchev–Trinajstić information content (AvgIpc) is 2.78. The Morgan fingerprint density at radius 2 is 1.95 bits per heavy atom. The van der Waals surface area contributed by atoms with Gasteiger partial charge in [-0.3, -0.25) is 4.68 Å². The second-order valence-corrected chi connectivity index (χ2v) is 5.89. The Balaban J connectivity index is 2.09. The highest BCUT2D eigenvalue weighted by molar-refractivity contribution is 4.92. The van der Waals surface area contributed by atoms with E-state index in [-0.39, 0.29) is 0 Å². The molecule has 110 valence electrons. The maximum absolute atomic E-state index is 5.52. The second-order valence-electron chi connectivity index (χ2n) is 5.89. The monoisotopic (exact) mass is 267 g/mol. The van der Waals surface area contributed by atoms with Crippen molar-refractivity contribution in [2.75, 3.05) is 6.61 Å². The summed E-state index contributed by atoms with van der Waals surface area (Å²) in [6, 6.07) is 0. The number of nitrogens with zero attached hydrogens (tertiary/aromatic N) is 3. The number of hydrogen-bond donors (Lipinski definition) is 0. The highest BCUT2D eigenvalue weighted by atomic mass is 16.5. The zero-order valence-electron chi connectivity index (χ0n) is 12.9. The molecule has 0 radical (unpaired) electrons. The van der Waals surface area contributed by atoms with Gasteiger partial charge in [-0.15, -0.1) is 5.10 Å². The van der Waals surface area contributed by atoms with E-state index < -0.39 is 0 Å². The van der Waals surface area contributed by atoms with Gasteiger partial charge in [0.25, 0.3) is 0 Å². The van der Waals surface area contributed by atoms with Crippen LogP contribution >= 0.6 is 0 Å². The molecular formula is C15H29N3O. The van der Waals surface area contributed by atoms with Crippen molar-refractivity contribution in [1.29, 1.82) is 0 Å². The van der Waals surface area contributed by atoms with E-state index in [1.807, 2.05) is 4.68 Å². The fourth-order valence-corrected chi connectivity index (χ4v) is 1.87. The molecule has 0 spiro atoms. The standard InChI is InChI=1S/C15H29N3O/c1-13(2)8-9-15-12-18(17-16-15)10-6-5-7-11-19-14(3)4/h12-14H,5-11H2,1-4H3. The first-order valence-electron chi connectivity index (χ1n) is 7.58. The lowest BCUT2D eigenvalue weighted by atomic mass is 10.1. The van der Waals surface area contributed by atoms with Crippen LogP contribution in [0.3, 0.4) is 0 Å². The third kappa shape index (κ3) is 7.98. The van der Waals surface area contributed by atoms with E-state index in [1.54, 1.807) is 0 Å². The van der Waals surface area contributed by atoms with Gasteiger partial charge >= 0.3 is 0 Å². The maximum atomic E-state index is 5.52. The number of hydrogen-bond acceptors (Lipinski definition) is 3. The van der Waals surface area contributed by atoms with Crippen molar-refractivity contribution < 1.29 is 4.74 Å². The smallest absolute Gasteiger partial charge is 0.0827 e. The molecule has 0 aliphatic heterocycles. The minimum Gasteiger partial charge on any atom is -0.379 e. The highest BCUT2D eigenvalue weighted by Crippen LogP contribution is 2.07. The van der Waals surface area contributed by atoms with Crippen molar-refractivity contribution in [3.05, 3.63) is 11.9 Å². The molecule has 4 heteroatoms. The summed E-state index contributed by atoms with van der Waals surface area (Å²) in [4.78, 5) is 0. The summed E-state index contributed by atoms with van der Waals surface area (Å²) in [7, 11) is 0. The van der Waals surface area contributed by atoms with Crippen molar-refractivity contribution in [2.24, 2.45) is 5.92 Å². The lowest BCUT2D eigenvalue weighted by Crippen LogP contribution is -2.04. The fourth-order valence-electron chi connectivity index (χ4n) is 1.87. The van der Waals surface area contributed by atoms with Crippen LogP contribution in [0.5, 0.6) is 0 Å². The Labute approximate surface area is 117 Å². The van der Waals surface area contributed by atoms with Crippen LogP contribution < -0.4 is 0 Å². The van der Waals surface area contributed by atoms with Crippen LogP contribution in [0.4, 0.5) is 0 Å². The highest BCUT2D eigenvalue weighted by Gasteiger charge is 2.02. The van der Waals surface area contributed by atoms with Crippen molar-refractivity contribution >= 4 is 0 Å². The first-order chi connectivity index (χ1) is 9.08. The van der Waals surface area contributed by atoms with Gasteiger partial charge < -0.3 is 4.74 Å². The minimum atomic E-state index is 0.346. The lowest BCUT2D eigenvalue weighted by Gasteiger charge is -2.06. The molecule has 1 aromatic rings. The van der Waals surface area contributed by atoms with Gasteiger partial charge in [0.2, 0.25) is 0 Å². The van der Waals surface area contributed by atoms with Crippen LogP contribution in [0.25, 0.3) is 0 Å². The summed E-state index contributed by atoms with van der Waals surface area (Å²) in [6.07, 6.45) is 8.13. The second kappa shape index (κ2) is 9.08. The molecule has 0 bridgehead atoms. The molecule has 0 unspecified atom stereocenters. The SMILES string of the molecule is CC(C)CCc1cn(CCCCCOC(C)C)nn1. The van der Waals surface area contributed by atoms with Gasteiger partial charge in [0, 0.05) is 19.3 Å². The largest absolute Gasteiger partial charge is 0.379 e. The Bertz CT molecular complexity index is 334. The summed E-state index contributed by atoms with van der Waals surface area (Å²) in [5.74, 6) is 0.728. The molecule has 1 heterocycles. The number of aromatic nitrogens is 3. The molecule has 1 aromatic heterocycles. The van der Waals surface area contributed by atoms with Crippen LogP contribution in [0, 0.1) is 5.92 Å². The van der Waals surface area contributed by atoms with Crippen molar-refractivity contribution in [3.63, 3.8) is 0 Å². The molecule has 4 nitrogen and oxygen atoms in total. The Kier molecular flexibility index (Phi) is 7.72. The number of unbranched alkanes of at least 4 members (excludes halogenated alkanes) is 2. The number of rotatable bonds is 10. The molecule has 0 atom stereocenters. The zero-order chi connectivity index (χ0) is 14.1. The Morgan fingerprint density at radius 3 is 2.63 bits per heavy atom. The molecule has 0 aliphatic carbocycles. The van der Waals surface area contributed by atoms with E-state index in [9.17, 15) is 0 Å². The normalized spacial score (nSPS) is 11.7. The van der Waals surface area contributed by atoms with Gasteiger partial charge in [-0.25, -0.2) is 0 Å². The zero-order valence-corrected chi connectivity index (χ0v) is 12.9. The third-order valence-electron chi connectivity index (χ3n) is 3.05. The first kappa shape index (κ1) is 16.2. The molecule has 19 heavy (non-hydrogen) atoms. The number of ether oxygens (including phenoxy) is 1. The van der Waals surface area contributed by atoms with Gasteiger partial charge in [-0.1, -0.05) is 19.1 Å². The Hall–Kier alpha value is -0.900. The van der Waals surface area contributed by atoms with E-state index in [0.717, 1.165) is 44.0 Å². The molecule has 0 saturated heterocycles. The summed E-state index contributed by atoms with van der Waals surface area (Å²) in [6.45, 7) is 10.5. The predicted molar refractivity (Wildman–Crippen MR) is 78.1 cm³/mol. The Morgan fingerprint density at radius 1 is 1.16 bits per heavy atom. The maximum Gasteiger partial charge on any atom is 0.0827 e. The van der Waals surface area contributed by atoms with Crippen LogP contribution in [0.2, 0.25) is 0 Å². The lowest BCUT2D eigenvalue weighted by molar-refractivity contribution is 0.0755. The van der Waals surface area contributed by atoms with Crippen LogP contribution in [-0.4, -0.2) is 27.7 Å². The van der Waals surface area contributed by atoms with Crippen LogP contribution in [0.1, 0.15) is 59.1 Å². The topological polar surface area (TPSA) is 39.9 Å². The predicted octanol–water partition coefficient (Wildman–Crippen LogP) is 3.46. The summed E-state index contributed by atoms with van der Waals surface area (Å²) < 4.78 is 7.49. The van der Waals surface area contributed by atoms with Crippen molar-refractivity contribution in [2.45, 2.75) is 72.4 Å². The molecule has 0 saturated carbocycles. The minimum absolute atomic E-state index is 0.346. The van der Waals surface area contributed by atoms with Crippen LogP contribution in [-0.2, 0) is 17.7 Å². The van der Waals surface area contributed by atoms with Gasteiger partial charge in [0.05, 0.1) is 11.8 Å². The van der Waals surface area contributed by atoms with Gasteiger partial charge in [0.1, 0.15) is 0 Å².